The van der Waals surface area contributed by atoms with Gasteiger partial charge in [-0.05, 0) is 25.6 Å². The normalized spacial score (nSPS) is 10.4. The summed E-state index contributed by atoms with van der Waals surface area (Å²) < 4.78 is 5.79. The van der Waals surface area contributed by atoms with Crippen LogP contribution in [0.1, 0.15) is 16.7 Å². The van der Waals surface area contributed by atoms with Crippen molar-refractivity contribution in [3.05, 3.63) is 69.3 Å². The van der Waals surface area contributed by atoms with Gasteiger partial charge in [0.2, 0.25) is 0 Å². The predicted octanol–water partition coefficient (Wildman–Crippen LogP) is 3.20. The molecule has 0 heterocycles. The largest absolute Gasteiger partial charge is 0.489 e. The van der Waals surface area contributed by atoms with Crippen LogP contribution < -0.4 is 10.1 Å². The van der Waals surface area contributed by atoms with Gasteiger partial charge in [-0.3, -0.25) is 10.1 Å². The molecular formula is C16H18N2O3. The van der Waals surface area contributed by atoms with Gasteiger partial charge in [-0.15, -0.1) is 0 Å². The summed E-state index contributed by atoms with van der Waals surface area (Å²) >= 11 is 0. The van der Waals surface area contributed by atoms with E-state index in [4.69, 9.17) is 4.74 Å². The average molecular weight is 286 g/mol. The highest BCUT2D eigenvalue weighted by atomic mass is 16.6. The molecule has 0 fully saturated rings. The van der Waals surface area contributed by atoms with E-state index >= 15 is 0 Å². The lowest BCUT2D eigenvalue weighted by Crippen LogP contribution is -2.08. The first-order chi connectivity index (χ1) is 10.1. The molecule has 2 aromatic rings. The fourth-order valence-corrected chi connectivity index (χ4v) is 1.99. The van der Waals surface area contributed by atoms with Crippen LogP contribution in [0.15, 0.2) is 42.5 Å². The second-order valence-electron chi connectivity index (χ2n) is 4.85. The van der Waals surface area contributed by atoms with Crippen LogP contribution in [0.25, 0.3) is 0 Å². The number of non-ortho nitro benzene ring substituents is 1. The molecule has 0 spiro atoms. The maximum Gasteiger partial charge on any atom is 0.270 e. The van der Waals surface area contributed by atoms with E-state index in [2.05, 4.69) is 5.32 Å². The van der Waals surface area contributed by atoms with Crippen molar-refractivity contribution in [3.63, 3.8) is 0 Å². The minimum Gasteiger partial charge on any atom is -0.489 e. The molecular weight excluding hydrogens is 268 g/mol. The summed E-state index contributed by atoms with van der Waals surface area (Å²) in [6.07, 6.45) is 0. The molecule has 0 saturated carbocycles. The Morgan fingerprint density at radius 2 is 1.90 bits per heavy atom. The summed E-state index contributed by atoms with van der Waals surface area (Å²) in [5, 5.41) is 13.8. The Hall–Kier alpha value is -2.40. The number of nitro groups is 1. The van der Waals surface area contributed by atoms with Crippen LogP contribution in [0.2, 0.25) is 0 Å². The third-order valence-electron chi connectivity index (χ3n) is 3.14. The first-order valence-electron chi connectivity index (χ1n) is 6.70. The Bertz CT molecular complexity index is 624. The smallest absolute Gasteiger partial charge is 0.270 e. The molecule has 0 atom stereocenters. The number of hydrogen-bond donors (Lipinski definition) is 1. The highest BCUT2D eigenvalue weighted by molar-refractivity contribution is 5.44. The van der Waals surface area contributed by atoms with Crippen LogP contribution in [-0.2, 0) is 13.2 Å². The third kappa shape index (κ3) is 4.03. The van der Waals surface area contributed by atoms with Gasteiger partial charge in [0.1, 0.15) is 12.4 Å². The van der Waals surface area contributed by atoms with E-state index in [1.165, 1.54) is 11.6 Å². The van der Waals surface area contributed by atoms with Crippen molar-refractivity contribution in [1.82, 2.24) is 5.32 Å². The first kappa shape index (κ1) is 15.0. The second-order valence-corrected chi connectivity index (χ2v) is 4.85. The molecule has 21 heavy (non-hydrogen) atoms. The fraction of sp³-hybridized carbons (Fsp3) is 0.250. The van der Waals surface area contributed by atoms with Crippen molar-refractivity contribution in [1.29, 1.82) is 0 Å². The summed E-state index contributed by atoms with van der Waals surface area (Å²) in [6.45, 7) is 2.99. The highest BCUT2D eigenvalue weighted by Gasteiger charge is 2.11. The van der Waals surface area contributed by atoms with Gasteiger partial charge in [0.05, 0.1) is 4.92 Å². The van der Waals surface area contributed by atoms with Gasteiger partial charge < -0.3 is 10.1 Å². The number of nitro benzene ring substituents is 1. The minimum absolute atomic E-state index is 0.0722. The number of nitrogens with zero attached hydrogens (tertiary/aromatic N) is 1. The Morgan fingerprint density at radius 3 is 2.52 bits per heavy atom. The molecule has 0 aromatic heterocycles. The van der Waals surface area contributed by atoms with E-state index in [1.807, 2.05) is 31.2 Å². The number of nitrogens with one attached hydrogen (secondary N) is 1. The Labute approximate surface area is 123 Å². The summed E-state index contributed by atoms with van der Waals surface area (Å²) in [4.78, 5) is 10.4. The maximum atomic E-state index is 10.8. The number of rotatable bonds is 6. The van der Waals surface area contributed by atoms with E-state index < -0.39 is 4.92 Å². The standard InChI is InChI=1S/C16H18N2O3/c1-12-3-5-13(6-4-12)11-21-16-8-7-15(18(19)20)9-14(16)10-17-2/h3-9,17H,10-11H2,1-2H3. The molecule has 2 rings (SSSR count). The lowest BCUT2D eigenvalue weighted by molar-refractivity contribution is -0.384. The van der Waals surface area contributed by atoms with Gasteiger partial charge in [-0.1, -0.05) is 29.8 Å². The number of benzene rings is 2. The van der Waals surface area contributed by atoms with Crippen LogP contribution in [0.4, 0.5) is 5.69 Å². The van der Waals surface area contributed by atoms with Crippen LogP contribution in [0.3, 0.4) is 0 Å². The quantitative estimate of drug-likeness (QED) is 0.654. The lowest BCUT2D eigenvalue weighted by atomic mass is 10.1. The van der Waals surface area contributed by atoms with Crippen molar-refractivity contribution in [3.8, 4) is 5.75 Å². The molecule has 0 aliphatic rings. The molecule has 2 aromatic carbocycles. The molecule has 0 aliphatic heterocycles. The Balaban J connectivity index is 2.14. The zero-order valence-corrected chi connectivity index (χ0v) is 12.1. The Morgan fingerprint density at radius 1 is 1.19 bits per heavy atom. The summed E-state index contributed by atoms with van der Waals surface area (Å²) in [7, 11) is 1.79. The summed E-state index contributed by atoms with van der Waals surface area (Å²) in [6, 6.07) is 12.7. The topological polar surface area (TPSA) is 64.4 Å². The van der Waals surface area contributed by atoms with Crippen LogP contribution in [0, 0.1) is 17.0 Å². The van der Waals surface area contributed by atoms with E-state index in [1.54, 1.807) is 19.2 Å². The van der Waals surface area contributed by atoms with Crippen molar-refractivity contribution >= 4 is 5.69 Å². The van der Waals surface area contributed by atoms with E-state index in [9.17, 15) is 10.1 Å². The SMILES string of the molecule is CNCc1cc([N+](=O)[O-])ccc1OCc1ccc(C)cc1. The third-order valence-corrected chi connectivity index (χ3v) is 3.14. The number of ether oxygens (including phenoxy) is 1. The number of aryl methyl sites for hydroxylation is 1. The zero-order chi connectivity index (χ0) is 15.2. The molecule has 0 amide bonds. The molecule has 0 saturated heterocycles. The molecule has 0 radical (unpaired) electrons. The molecule has 5 heteroatoms. The van der Waals surface area contributed by atoms with Crippen molar-refractivity contribution in [2.75, 3.05) is 7.05 Å². The molecule has 5 nitrogen and oxygen atoms in total. The fourth-order valence-electron chi connectivity index (χ4n) is 1.99. The molecule has 0 unspecified atom stereocenters. The predicted molar refractivity (Wildman–Crippen MR) is 81.4 cm³/mol. The summed E-state index contributed by atoms with van der Waals surface area (Å²) in [5.41, 5.74) is 3.11. The number of hydrogen-bond acceptors (Lipinski definition) is 4. The zero-order valence-electron chi connectivity index (χ0n) is 12.1. The second kappa shape index (κ2) is 6.85. The van der Waals surface area contributed by atoms with Crippen molar-refractivity contribution in [2.45, 2.75) is 20.1 Å². The summed E-state index contributed by atoms with van der Waals surface area (Å²) in [5.74, 6) is 0.663. The minimum atomic E-state index is -0.400. The maximum absolute atomic E-state index is 10.8. The van der Waals surface area contributed by atoms with Crippen LogP contribution >= 0.6 is 0 Å². The van der Waals surface area contributed by atoms with Gasteiger partial charge in [0, 0.05) is 24.2 Å². The molecule has 0 bridgehead atoms. The van der Waals surface area contributed by atoms with Gasteiger partial charge in [0.15, 0.2) is 0 Å². The Kier molecular flexibility index (Phi) is 4.90. The lowest BCUT2D eigenvalue weighted by Gasteiger charge is -2.11. The highest BCUT2D eigenvalue weighted by Crippen LogP contribution is 2.25. The van der Waals surface area contributed by atoms with Gasteiger partial charge in [-0.2, -0.15) is 0 Å². The molecule has 0 aliphatic carbocycles. The van der Waals surface area contributed by atoms with Crippen molar-refractivity contribution in [2.24, 2.45) is 0 Å². The van der Waals surface area contributed by atoms with E-state index in [0.29, 0.717) is 18.9 Å². The first-order valence-corrected chi connectivity index (χ1v) is 6.70. The van der Waals surface area contributed by atoms with E-state index in [-0.39, 0.29) is 5.69 Å². The van der Waals surface area contributed by atoms with Crippen LogP contribution in [0.5, 0.6) is 5.75 Å². The monoisotopic (exact) mass is 286 g/mol. The van der Waals surface area contributed by atoms with E-state index in [0.717, 1.165) is 11.1 Å². The molecule has 1 N–H and O–H groups in total. The van der Waals surface area contributed by atoms with Gasteiger partial charge in [0.25, 0.3) is 5.69 Å². The van der Waals surface area contributed by atoms with Gasteiger partial charge >= 0.3 is 0 Å². The average Bonchev–Trinajstić information content (AvgIpc) is 2.47. The van der Waals surface area contributed by atoms with Gasteiger partial charge in [-0.25, -0.2) is 0 Å². The molecule has 110 valence electrons. The van der Waals surface area contributed by atoms with Crippen LogP contribution in [-0.4, -0.2) is 12.0 Å². The van der Waals surface area contributed by atoms with Crippen molar-refractivity contribution < 1.29 is 9.66 Å².